The predicted molar refractivity (Wildman–Crippen MR) is 88.4 cm³/mol. The van der Waals surface area contributed by atoms with Crippen molar-refractivity contribution in [3.63, 3.8) is 0 Å². The van der Waals surface area contributed by atoms with Crippen LogP contribution in [0.25, 0.3) is 0 Å². The lowest BCUT2D eigenvalue weighted by Gasteiger charge is -2.09. The first-order valence-electron chi connectivity index (χ1n) is 6.82. The fourth-order valence-electron chi connectivity index (χ4n) is 2.05. The minimum atomic E-state index is -0.370. The smallest absolute Gasteiger partial charge is 0.273 e. The SMILES string of the molecule is CCNc1cc(NCc2cc(C)c(C)s2)cc([N+](=O)[O-])c1. The number of rotatable bonds is 6. The number of nitrogens with one attached hydrogen (secondary N) is 2. The summed E-state index contributed by atoms with van der Waals surface area (Å²) in [6, 6.07) is 7.15. The van der Waals surface area contributed by atoms with E-state index in [1.165, 1.54) is 15.3 Å². The molecule has 1 aromatic heterocycles. The van der Waals surface area contributed by atoms with E-state index in [0.717, 1.165) is 17.9 Å². The molecule has 1 heterocycles. The average Bonchev–Trinajstić information content (AvgIpc) is 2.76. The molecule has 21 heavy (non-hydrogen) atoms. The topological polar surface area (TPSA) is 67.2 Å². The van der Waals surface area contributed by atoms with Crippen molar-refractivity contribution in [1.82, 2.24) is 0 Å². The lowest BCUT2D eigenvalue weighted by Crippen LogP contribution is -2.02. The molecule has 0 amide bonds. The number of benzene rings is 1. The van der Waals surface area contributed by atoms with Gasteiger partial charge in [-0.2, -0.15) is 0 Å². The molecule has 0 aliphatic heterocycles. The Morgan fingerprint density at radius 2 is 1.81 bits per heavy atom. The van der Waals surface area contributed by atoms with Crippen LogP contribution in [0, 0.1) is 24.0 Å². The van der Waals surface area contributed by atoms with E-state index in [1.807, 2.05) is 13.0 Å². The predicted octanol–water partition coefficient (Wildman–Crippen LogP) is 4.32. The van der Waals surface area contributed by atoms with Crippen molar-refractivity contribution >= 4 is 28.4 Å². The van der Waals surface area contributed by atoms with Crippen LogP contribution < -0.4 is 10.6 Å². The highest BCUT2D eigenvalue weighted by Gasteiger charge is 2.10. The molecule has 0 saturated heterocycles. The number of non-ortho nitro benzene ring substituents is 1. The molecule has 0 aliphatic rings. The van der Waals surface area contributed by atoms with Crippen LogP contribution in [0.15, 0.2) is 24.3 Å². The third-order valence-electron chi connectivity index (χ3n) is 3.19. The van der Waals surface area contributed by atoms with Crippen molar-refractivity contribution in [3.8, 4) is 0 Å². The molecule has 0 aliphatic carbocycles. The van der Waals surface area contributed by atoms with Crippen LogP contribution in [0.2, 0.25) is 0 Å². The van der Waals surface area contributed by atoms with Crippen LogP contribution in [0.1, 0.15) is 22.2 Å². The van der Waals surface area contributed by atoms with Gasteiger partial charge in [0.05, 0.1) is 4.92 Å². The van der Waals surface area contributed by atoms with Gasteiger partial charge in [-0.3, -0.25) is 10.1 Å². The molecule has 112 valence electrons. The summed E-state index contributed by atoms with van der Waals surface area (Å²) in [4.78, 5) is 13.1. The molecule has 5 nitrogen and oxygen atoms in total. The molecular weight excluding hydrogens is 286 g/mol. The van der Waals surface area contributed by atoms with Crippen LogP contribution in [0.4, 0.5) is 17.1 Å². The van der Waals surface area contributed by atoms with Crippen molar-refractivity contribution < 1.29 is 4.92 Å². The van der Waals surface area contributed by atoms with E-state index in [4.69, 9.17) is 0 Å². The van der Waals surface area contributed by atoms with E-state index in [0.29, 0.717) is 6.54 Å². The Morgan fingerprint density at radius 3 is 2.33 bits per heavy atom. The van der Waals surface area contributed by atoms with E-state index in [-0.39, 0.29) is 10.6 Å². The van der Waals surface area contributed by atoms with Gasteiger partial charge >= 0.3 is 0 Å². The summed E-state index contributed by atoms with van der Waals surface area (Å²) in [5.41, 5.74) is 2.88. The van der Waals surface area contributed by atoms with Gasteiger partial charge < -0.3 is 10.6 Å². The average molecular weight is 305 g/mol. The maximum Gasteiger partial charge on any atom is 0.273 e. The molecule has 0 bridgehead atoms. The minimum absolute atomic E-state index is 0.0921. The van der Waals surface area contributed by atoms with Crippen molar-refractivity contribution in [2.45, 2.75) is 27.3 Å². The van der Waals surface area contributed by atoms with Crippen LogP contribution in [-0.4, -0.2) is 11.5 Å². The molecule has 0 atom stereocenters. The fourth-order valence-corrected chi connectivity index (χ4v) is 3.04. The number of nitro groups is 1. The highest BCUT2D eigenvalue weighted by atomic mass is 32.1. The minimum Gasteiger partial charge on any atom is -0.385 e. The Hall–Kier alpha value is -2.08. The Bertz CT molecular complexity index is 633. The summed E-state index contributed by atoms with van der Waals surface area (Å²) in [5.74, 6) is 0. The maximum atomic E-state index is 11.0. The van der Waals surface area contributed by atoms with E-state index in [1.54, 1.807) is 23.5 Å². The zero-order chi connectivity index (χ0) is 15.4. The first-order chi connectivity index (χ1) is 9.99. The highest BCUT2D eigenvalue weighted by molar-refractivity contribution is 7.12. The lowest BCUT2D eigenvalue weighted by atomic mass is 10.2. The Morgan fingerprint density at radius 1 is 1.14 bits per heavy atom. The molecule has 6 heteroatoms. The number of thiophene rings is 1. The standard InChI is InChI=1S/C15H19N3O2S/c1-4-16-12-6-13(8-14(7-12)18(19)20)17-9-15-5-10(2)11(3)21-15/h5-8,16-17H,4,9H2,1-3H3. The first-order valence-corrected chi connectivity index (χ1v) is 7.64. The lowest BCUT2D eigenvalue weighted by molar-refractivity contribution is -0.384. The number of nitrogens with zero attached hydrogens (tertiary/aromatic N) is 1. The van der Waals surface area contributed by atoms with Gasteiger partial charge in [0, 0.05) is 46.4 Å². The van der Waals surface area contributed by atoms with Crippen molar-refractivity contribution in [3.05, 3.63) is 49.7 Å². The largest absolute Gasteiger partial charge is 0.385 e. The molecule has 0 fully saturated rings. The van der Waals surface area contributed by atoms with Gasteiger partial charge in [0.25, 0.3) is 5.69 Å². The van der Waals surface area contributed by atoms with Gasteiger partial charge in [0.15, 0.2) is 0 Å². The summed E-state index contributed by atoms with van der Waals surface area (Å²) >= 11 is 1.75. The first kappa shape index (κ1) is 15.3. The van der Waals surface area contributed by atoms with E-state index in [2.05, 4.69) is 30.5 Å². The third kappa shape index (κ3) is 3.95. The highest BCUT2D eigenvalue weighted by Crippen LogP contribution is 2.26. The Kier molecular flexibility index (Phi) is 4.80. The number of anilines is 2. The zero-order valence-electron chi connectivity index (χ0n) is 12.4. The van der Waals surface area contributed by atoms with Crippen LogP contribution in [0.3, 0.4) is 0 Å². The van der Waals surface area contributed by atoms with E-state index < -0.39 is 0 Å². The molecule has 0 radical (unpaired) electrons. The Balaban J connectivity index is 2.16. The zero-order valence-corrected chi connectivity index (χ0v) is 13.2. The molecule has 0 unspecified atom stereocenters. The second kappa shape index (κ2) is 6.58. The van der Waals surface area contributed by atoms with Crippen LogP contribution in [0.5, 0.6) is 0 Å². The second-order valence-electron chi connectivity index (χ2n) is 4.86. The van der Waals surface area contributed by atoms with Crippen LogP contribution in [-0.2, 0) is 6.54 Å². The molecule has 0 saturated carbocycles. The molecular formula is C15H19N3O2S. The molecule has 0 spiro atoms. The summed E-state index contributed by atoms with van der Waals surface area (Å²) in [6.45, 7) is 7.55. The van der Waals surface area contributed by atoms with Crippen molar-refractivity contribution in [1.29, 1.82) is 0 Å². The Labute approximate surface area is 128 Å². The van der Waals surface area contributed by atoms with Crippen molar-refractivity contribution in [2.24, 2.45) is 0 Å². The van der Waals surface area contributed by atoms with Crippen LogP contribution >= 0.6 is 11.3 Å². The normalized spacial score (nSPS) is 10.4. The van der Waals surface area contributed by atoms with Gasteiger partial charge in [0.2, 0.25) is 0 Å². The number of aryl methyl sites for hydroxylation is 2. The van der Waals surface area contributed by atoms with Gasteiger partial charge in [0.1, 0.15) is 0 Å². The summed E-state index contributed by atoms with van der Waals surface area (Å²) in [5, 5.41) is 17.4. The molecule has 2 N–H and O–H groups in total. The summed E-state index contributed by atoms with van der Waals surface area (Å²) < 4.78 is 0. The molecule has 2 aromatic rings. The third-order valence-corrected chi connectivity index (χ3v) is 4.35. The van der Waals surface area contributed by atoms with Gasteiger partial charge in [-0.15, -0.1) is 11.3 Å². The second-order valence-corrected chi connectivity index (χ2v) is 6.20. The number of hydrogen-bond donors (Lipinski definition) is 2. The van der Waals surface area contributed by atoms with E-state index >= 15 is 0 Å². The monoisotopic (exact) mass is 305 g/mol. The quantitative estimate of drug-likeness (QED) is 0.616. The summed E-state index contributed by atoms with van der Waals surface area (Å²) in [6.07, 6.45) is 0. The number of nitro benzene ring substituents is 1. The van der Waals surface area contributed by atoms with Gasteiger partial charge in [-0.1, -0.05) is 0 Å². The number of hydrogen-bond acceptors (Lipinski definition) is 5. The van der Waals surface area contributed by atoms with Crippen molar-refractivity contribution in [2.75, 3.05) is 17.2 Å². The fraction of sp³-hybridized carbons (Fsp3) is 0.333. The maximum absolute atomic E-state index is 11.0. The van der Waals surface area contributed by atoms with Gasteiger partial charge in [-0.05, 0) is 38.5 Å². The molecule has 2 rings (SSSR count). The summed E-state index contributed by atoms with van der Waals surface area (Å²) in [7, 11) is 0. The van der Waals surface area contributed by atoms with E-state index in [9.17, 15) is 10.1 Å². The van der Waals surface area contributed by atoms with Gasteiger partial charge in [-0.25, -0.2) is 0 Å². The molecule has 1 aromatic carbocycles.